The summed E-state index contributed by atoms with van der Waals surface area (Å²) in [6, 6.07) is -1.83. The summed E-state index contributed by atoms with van der Waals surface area (Å²) in [6.07, 6.45) is 0.414. The first-order valence-electron chi connectivity index (χ1n) is 5.40. The predicted molar refractivity (Wildman–Crippen MR) is 59.1 cm³/mol. The van der Waals surface area contributed by atoms with Crippen LogP contribution < -0.4 is 10.6 Å². The first kappa shape index (κ1) is 14.7. The number of amides is 2. The summed E-state index contributed by atoms with van der Waals surface area (Å²) >= 11 is 0. The summed E-state index contributed by atoms with van der Waals surface area (Å²) in [7, 11) is 0. The highest BCUT2D eigenvalue weighted by Gasteiger charge is 2.25. The third kappa shape index (κ3) is 4.97. The molecule has 0 spiro atoms. The molecule has 0 bridgehead atoms. The van der Waals surface area contributed by atoms with Gasteiger partial charge in [0.25, 0.3) is 0 Å². The number of aliphatic hydroxyl groups excluding tert-OH is 1. The number of nitrogens with one attached hydrogen (secondary N) is 2. The smallest absolute Gasteiger partial charge is 0.328 e. The number of carboxylic acids is 1. The van der Waals surface area contributed by atoms with Crippen molar-refractivity contribution in [3.8, 4) is 0 Å². The molecule has 2 unspecified atom stereocenters. The SMILES string of the molecule is CCC(CC)NC(=O)NC(C(=O)O)C(C)O. The number of rotatable bonds is 6. The predicted octanol–water partition coefficient (Wildman–Crippen LogP) is 0.308. The lowest BCUT2D eigenvalue weighted by Crippen LogP contribution is -2.52. The second-order valence-corrected chi connectivity index (χ2v) is 3.69. The maximum atomic E-state index is 11.4. The van der Waals surface area contributed by atoms with Crippen LogP contribution in [0.15, 0.2) is 0 Å². The van der Waals surface area contributed by atoms with Gasteiger partial charge in [-0.3, -0.25) is 0 Å². The molecule has 4 N–H and O–H groups in total. The summed E-state index contributed by atoms with van der Waals surface area (Å²) in [5, 5.41) is 22.7. The van der Waals surface area contributed by atoms with Crippen LogP contribution in [0.1, 0.15) is 33.6 Å². The molecule has 0 fully saturated rings. The lowest BCUT2D eigenvalue weighted by atomic mass is 10.1. The highest BCUT2D eigenvalue weighted by molar-refractivity contribution is 5.83. The lowest BCUT2D eigenvalue weighted by Gasteiger charge is -2.20. The van der Waals surface area contributed by atoms with Crippen LogP contribution in [0.4, 0.5) is 4.79 Å². The number of carbonyl (C=O) groups is 2. The van der Waals surface area contributed by atoms with Gasteiger partial charge in [-0.2, -0.15) is 0 Å². The van der Waals surface area contributed by atoms with E-state index in [9.17, 15) is 9.59 Å². The molecule has 0 aromatic carbocycles. The van der Waals surface area contributed by atoms with E-state index in [1.807, 2.05) is 13.8 Å². The quantitative estimate of drug-likeness (QED) is 0.529. The standard InChI is InChI=1S/C10H20N2O4/c1-4-7(5-2)11-10(16)12-8(6(3)13)9(14)15/h6-8,13H,4-5H2,1-3H3,(H,14,15)(H2,11,12,16). The maximum Gasteiger partial charge on any atom is 0.328 e. The molecule has 0 radical (unpaired) electrons. The summed E-state index contributed by atoms with van der Waals surface area (Å²) in [5.74, 6) is -1.25. The molecule has 0 aliphatic rings. The Hall–Kier alpha value is -1.30. The van der Waals surface area contributed by atoms with Gasteiger partial charge in [-0.15, -0.1) is 0 Å². The molecule has 94 valence electrons. The molecule has 0 aliphatic carbocycles. The second-order valence-electron chi connectivity index (χ2n) is 3.69. The molecule has 16 heavy (non-hydrogen) atoms. The molecule has 0 aromatic heterocycles. The maximum absolute atomic E-state index is 11.4. The number of hydrogen-bond donors (Lipinski definition) is 4. The zero-order chi connectivity index (χ0) is 12.7. The van der Waals surface area contributed by atoms with Gasteiger partial charge in [0.15, 0.2) is 6.04 Å². The molecule has 0 saturated carbocycles. The van der Waals surface area contributed by atoms with Crippen molar-refractivity contribution in [1.29, 1.82) is 0 Å². The van der Waals surface area contributed by atoms with E-state index >= 15 is 0 Å². The van der Waals surface area contributed by atoms with Gasteiger partial charge in [-0.05, 0) is 19.8 Å². The highest BCUT2D eigenvalue weighted by Crippen LogP contribution is 1.97. The van der Waals surface area contributed by atoms with E-state index in [2.05, 4.69) is 10.6 Å². The second kappa shape index (κ2) is 7.05. The summed E-state index contributed by atoms with van der Waals surface area (Å²) in [4.78, 5) is 22.1. The fraction of sp³-hybridized carbons (Fsp3) is 0.800. The van der Waals surface area contributed by atoms with Gasteiger partial charge in [0.05, 0.1) is 6.10 Å². The van der Waals surface area contributed by atoms with Crippen molar-refractivity contribution in [2.24, 2.45) is 0 Å². The molecule has 2 amide bonds. The zero-order valence-electron chi connectivity index (χ0n) is 9.86. The molecule has 0 rings (SSSR count). The normalized spacial score (nSPS) is 14.3. The van der Waals surface area contributed by atoms with Crippen molar-refractivity contribution < 1.29 is 19.8 Å². The molecule has 0 heterocycles. The number of urea groups is 1. The van der Waals surface area contributed by atoms with Gasteiger partial charge in [0.2, 0.25) is 0 Å². The fourth-order valence-corrected chi connectivity index (χ4v) is 1.25. The number of aliphatic hydroxyl groups is 1. The van der Waals surface area contributed by atoms with Crippen LogP contribution in [0.2, 0.25) is 0 Å². The van der Waals surface area contributed by atoms with Gasteiger partial charge in [0, 0.05) is 6.04 Å². The monoisotopic (exact) mass is 232 g/mol. The Morgan fingerprint density at radius 1 is 1.19 bits per heavy atom. The van der Waals surface area contributed by atoms with Crippen LogP contribution in [-0.4, -0.2) is 40.4 Å². The van der Waals surface area contributed by atoms with Crippen LogP contribution in [0.5, 0.6) is 0 Å². The minimum Gasteiger partial charge on any atom is -0.480 e. The minimum absolute atomic E-state index is 0.0171. The van der Waals surface area contributed by atoms with Crippen LogP contribution in [0.25, 0.3) is 0 Å². The lowest BCUT2D eigenvalue weighted by molar-refractivity contribution is -0.141. The number of carbonyl (C=O) groups excluding carboxylic acids is 1. The van der Waals surface area contributed by atoms with E-state index < -0.39 is 24.1 Å². The Morgan fingerprint density at radius 2 is 1.69 bits per heavy atom. The van der Waals surface area contributed by atoms with E-state index in [-0.39, 0.29) is 6.04 Å². The Morgan fingerprint density at radius 3 is 2.00 bits per heavy atom. The van der Waals surface area contributed by atoms with Crippen molar-refractivity contribution in [3.63, 3.8) is 0 Å². The van der Waals surface area contributed by atoms with Crippen LogP contribution in [0.3, 0.4) is 0 Å². The van der Waals surface area contributed by atoms with E-state index in [1.54, 1.807) is 0 Å². The van der Waals surface area contributed by atoms with Crippen molar-refractivity contribution in [1.82, 2.24) is 10.6 Å². The summed E-state index contributed by atoms with van der Waals surface area (Å²) in [6.45, 7) is 5.17. The summed E-state index contributed by atoms with van der Waals surface area (Å²) in [5.41, 5.74) is 0. The van der Waals surface area contributed by atoms with Gasteiger partial charge >= 0.3 is 12.0 Å². The van der Waals surface area contributed by atoms with E-state index in [0.717, 1.165) is 12.8 Å². The molecule has 0 aliphatic heterocycles. The van der Waals surface area contributed by atoms with Crippen molar-refractivity contribution in [3.05, 3.63) is 0 Å². The van der Waals surface area contributed by atoms with E-state index in [0.29, 0.717) is 0 Å². The van der Waals surface area contributed by atoms with Crippen LogP contribution in [-0.2, 0) is 4.79 Å². The molecule has 6 heteroatoms. The fourth-order valence-electron chi connectivity index (χ4n) is 1.25. The first-order chi connectivity index (χ1) is 7.42. The largest absolute Gasteiger partial charge is 0.480 e. The first-order valence-corrected chi connectivity index (χ1v) is 5.40. The van der Waals surface area contributed by atoms with Crippen molar-refractivity contribution >= 4 is 12.0 Å². The topological polar surface area (TPSA) is 98.7 Å². The number of aliphatic carboxylic acids is 1. The Bertz CT molecular complexity index is 239. The van der Waals surface area contributed by atoms with Crippen LogP contribution in [0, 0.1) is 0 Å². The van der Waals surface area contributed by atoms with Gasteiger partial charge in [0.1, 0.15) is 0 Å². The Balaban J connectivity index is 4.25. The molecular weight excluding hydrogens is 212 g/mol. The van der Waals surface area contributed by atoms with Gasteiger partial charge in [-0.25, -0.2) is 9.59 Å². The molecule has 6 nitrogen and oxygen atoms in total. The number of carboxylic acid groups (broad SMARTS) is 1. The van der Waals surface area contributed by atoms with Crippen molar-refractivity contribution in [2.45, 2.75) is 51.8 Å². The highest BCUT2D eigenvalue weighted by atomic mass is 16.4. The van der Waals surface area contributed by atoms with E-state index in [4.69, 9.17) is 10.2 Å². The molecule has 0 aromatic rings. The van der Waals surface area contributed by atoms with Crippen molar-refractivity contribution in [2.75, 3.05) is 0 Å². The zero-order valence-corrected chi connectivity index (χ0v) is 9.86. The Labute approximate surface area is 95.0 Å². The van der Waals surface area contributed by atoms with Crippen LogP contribution >= 0.6 is 0 Å². The van der Waals surface area contributed by atoms with Gasteiger partial charge < -0.3 is 20.8 Å². The molecule has 2 atom stereocenters. The van der Waals surface area contributed by atoms with E-state index in [1.165, 1.54) is 6.92 Å². The average Bonchev–Trinajstić information content (AvgIpc) is 2.21. The molecular formula is C10H20N2O4. The number of hydrogen-bond acceptors (Lipinski definition) is 3. The summed E-state index contributed by atoms with van der Waals surface area (Å²) < 4.78 is 0. The average molecular weight is 232 g/mol. The minimum atomic E-state index is -1.28. The Kier molecular flexibility index (Phi) is 6.48. The third-order valence-corrected chi connectivity index (χ3v) is 2.36. The molecule has 0 saturated heterocycles. The third-order valence-electron chi connectivity index (χ3n) is 2.36. The van der Waals surface area contributed by atoms with Gasteiger partial charge in [-0.1, -0.05) is 13.8 Å².